The lowest BCUT2D eigenvalue weighted by atomic mass is 10.2. The molecule has 0 N–H and O–H groups in total. The first-order valence-electron chi connectivity index (χ1n) is 5.77. The van der Waals surface area contributed by atoms with Crippen LogP contribution in [0.2, 0.25) is 0 Å². The van der Waals surface area contributed by atoms with Crippen LogP contribution in [0.25, 0.3) is 0 Å². The Balaban J connectivity index is 2.13. The van der Waals surface area contributed by atoms with Crippen LogP contribution in [0, 0.1) is 5.82 Å². The number of halogens is 2. The molecule has 0 aromatic heterocycles. The average molecular weight is 300 g/mol. The van der Waals surface area contributed by atoms with Gasteiger partial charge >= 0.3 is 0 Å². The van der Waals surface area contributed by atoms with Gasteiger partial charge in [0.05, 0.1) is 4.83 Å². The zero-order valence-electron chi connectivity index (χ0n) is 9.70. The van der Waals surface area contributed by atoms with Crippen LogP contribution in [-0.2, 0) is 11.3 Å². The van der Waals surface area contributed by atoms with Crippen LogP contribution in [-0.4, -0.2) is 21.7 Å². The first-order chi connectivity index (χ1) is 8.09. The number of nitrogens with zero attached hydrogens (tertiary/aromatic N) is 1. The number of hydrogen-bond donors (Lipinski definition) is 0. The van der Waals surface area contributed by atoms with Crippen LogP contribution in [0.1, 0.15) is 25.3 Å². The summed E-state index contributed by atoms with van der Waals surface area (Å²) in [4.78, 5) is 13.6. The van der Waals surface area contributed by atoms with Gasteiger partial charge < -0.3 is 4.90 Å². The van der Waals surface area contributed by atoms with Gasteiger partial charge in [0.2, 0.25) is 5.91 Å². The van der Waals surface area contributed by atoms with E-state index >= 15 is 0 Å². The minimum atomic E-state index is -0.242. The molecule has 1 aromatic carbocycles. The third-order valence-electron chi connectivity index (χ3n) is 2.91. The number of hydrogen-bond acceptors (Lipinski definition) is 1. The Labute approximate surface area is 109 Å². The molecule has 1 amide bonds. The van der Waals surface area contributed by atoms with Crippen molar-refractivity contribution >= 4 is 21.8 Å². The first kappa shape index (κ1) is 12.6. The third-order valence-corrected chi connectivity index (χ3v) is 3.30. The van der Waals surface area contributed by atoms with Crippen LogP contribution in [0.15, 0.2) is 24.3 Å². The summed E-state index contributed by atoms with van der Waals surface area (Å²) in [6.45, 7) is 2.17. The summed E-state index contributed by atoms with van der Waals surface area (Å²) in [5.74, 6) is -0.205. The van der Waals surface area contributed by atoms with E-state index in [2.05, 4.69) is 15.9 Å². The predicted molar refractivity (Wildman–Crippen MR) is 68.4 cm³/mol. The zero-order valence-corrected chi connectivity index (χ0v) is 11.3. The highest BCUT2D eigenvalue weighted by molar-refractivity contribution is 9.10. The van der Waals surface area contributed by atoms with Crippen LogP contribution in [0.5, 0.6) is 0 Å². The Bertz CT molecular complexity index is 418. The zero-order chi connectivity index (χ0) is 12.4. The van der Waals surface area contributed by atoms with E-state index in [4.69, 9.17) is 0 Å². The maximum absolute atomic E-state index is 13.5. The van der Waals surface area contributed by atoms with E-state index < -0.39 is 0 Å². The van der Waals surface area contributed by atoms with E-state index in [0.717, 1.165) is 12.8 Å². The van der Waals surface area contributed by atoms with Gasteiger partial charge in [-0.2, -0.15) is 0 Å². The van der Waals surface area contributed by atoms with Gasteiger partial charge in [-0.25, -0.2) is 4.39 Å². The summed E-state index contributed by atoms with van der Waals surface area (Å²) in [5.41, 5.74) is 0.584. The minimum Gasteiger partial charge on any atom is -0.334 e. The van der Waals surface area contributed by atoms with Crippen molar-refractivity contribution in [2.75, 3.05) is 0 Å². The van der Waals surface area contributed by atoms with Gasteiger partial charge in [0, 0.05) is 18.2 Å². The van der Waals surface area contributed by atoms with Crippen LogP contribution in [0.4, 0.5) is 4.39 Å². The molecule has 1 saturated carbocycles. The highest BCUT2D eigenvalue weighted by atomic mass is 79.9. The van der Waals surface area contributed by atoms with Crippen molar-refractivity contribution in [1.82, 2.24) is 4.90 Å². The van der Waals surface area contributed by atoms with Crippen LogP contribution >= 0.6 is 15.9 Å². The Morgan fingerprint density at radius 3 is 2.71 bits per heavy atom. The molecule has 0 bridgehead atoms. The number of alkyl halides is 1. The molecule has 1 fully saturated rings. The third kappa shape index (κ3) is 3.06. The molecule has 92 valence electrons. The van der Waals surface area contributed by atoms with E-state index in [-0.39, 0.29) is 16.6 Å². The SMILES string of the molecule is CC(Br)C(=O)N(Cc1ccccc1F)C1CC1. The summed E-state index contributed by atoms with van der Waals surface area (Å²) >= 11 is 3.28. The van der Waals surface area contributed by atoms with Gasteiger partial charge in [-0.3, -0.25) is 4.79 Å². The summed E-state index contributed by atoms with van der Waals surface area (Å²) in [6.07, 6.45) is 2.06. The van der Waals surface area contributed by atoms with Gasteiger partial charge in [0.15, 0.2) is 0 Å². The second-order valence-electron chi connectivity index (χ2n) is 4.40. The lowest BCUT2D eigenvalue weighted by molar-refractivity contribution is -0.131. The molecule has 1 unspecified atom stereocenters. The fraction of sp³-hybridized carbons (Fsp3) is 0.462. The first-order valence-corrected chi connectivity index (χ1v) is 6.69. The van der Waals surface area contributed by atoms with Crippen LogP contribution < -0.4 is 0 Å². The number of amides is 1. The van der Waals surface area contributed by atoms with E-state index in [1.165, 1.54) is 6.07 Å². The maximum Gasteiger partial charge on any atom is 0.236 e. The number of benzene rings is 1. The largest absolute Gasteiger partial charge is 0.334 e. The molecular formula is C13H15BrFNO. The molecule has 0 spiro atoms. The molecule has 1 aromatic rings. The molecule has 1 aliphatic carbocycles. The van der Waals surface area contributed by atoms with Crippen molar-refractivity contribution in [3.05, 3.63) is 35.6 Å². The number of rotatable bonds is 4. The summed E-state index contributed by atoms with van der Waals surface area (Å²) in [6, 6.07) is 6.92. The van der Waals surface area contributed by atoms with E-state index in [1.54, 1.807) is 30.0 Å². The van der Waals surface area contributed by atoms with Gasteiger partial charge in [0.1, 0.15) is 5.82 Å². The van der Waals surface area contributed by atoms with E-state index in [0.29, 0.717) is 18.2 Å². The summed E-state index contributed by atoms with van der Waals surface area (Å²) in [5, 5.41) is 0. The Hall–Kier alpha value is -0.900. The molecule has 17 heavy (non-hydrogen) atoms. The number of carbonyl (C=O) groups excluding carboxylic acids is 1. The van der Waals surface area contributed by atoms with Crippen LogP contribution in [0.3, 0.4) is 0 Å². The highest BCUT2D eigenvalue weighted by Crippen LogP contribution is 2.30. The normalized spacial score (nSPS) is 16.6. The standard InChI is InChI=1S/C13H15BrFNO/c1-9(14)13(17)16(11-6-7-11)8-10-4-2-3-5-12(10)15/h2-5,9,11H,6-8H2,1H3. The molecule has 1 aliphatic rings. The maximum atomic E-state index is 13.5. The fourth-order valence-electron chi connectivity index (χ4n) is 1.81. The Morgan fingerprint density at radius 1 is 1.53 bits per heavy atom. The van der Waals surface area contributed by atoms with Crippen molar-refractivity contribution in [2.24, 2.45) is 0 Å². The molecule has 0 saturated heterocycles. The van der Waals surface area contributed by atoms with Gasteiger partial charge in [0.25, 0.3) is 0 Å². The molecule has 4 heteroatoms. The average Bonchev–Trinajstić information content (AvgIpc) is 3.11. The molecule has 0 heterocycles. The highest BCUT2D eigenvalue weighted by Gasteiger charge is 2.34. The van der Waals surface area contributed by atoms with Crippen molar-refractivity contribution in [3.63, 3.8) is 0 Å². The fourth-order valence-corrected chi connectivity index (χ4v) is 2.07. The topological polar surface area (TPSA) is 20.3 Å². The lowest BCUT2D eigenvalue weighted by Crippen LogP contribution is -2.37. The monoisotopic (exact) mass is 299 g/mol. The molecule has 0 radical (unpaired) electrons. The molecule has 1 atom stereocenters. The Kier molecular flexibility index (Phi) is 3.82. The second-order valence-corrected chi connectivity index (χ2v) is 5.78. The summed E-state index contributed by atoms with van der Waals surface area (Å²) in [7, 11) is 0. The van der Waals surface area contributed by atoms with Crippen molar-refractivity contribution in [1.29, 1.82) is 0 Å². The molecule has 2 rings (SSSR count). The molecule has 2 nitrogen and oxygen atoms in total. The van der Waals surface area contributed by atoms with Crippen molar-refractivity contribution in [2.45, 2.75) is 37.2 Å². The predicted octanol–water partition coefficient (Wildman–Crippen LogP) is 3.10. The second kappa shape index (κ2) is 5.17. The van der Waals surface area contributed by atoms with Gasteiger partial charge in [-0.05, 0) is 25.8 Å². The Morgan fingerprint density at radius 2 is 2.18 bits per heavy atom. The summed E-state index contributed by atoms with van der Waals surface area (Å²) < 4.78 is 13.5. The smallest absolute Gasteiger partial charge is 0.236 e. The van der Waals surface area contributed by atoms with Crippen molar-refractivity contribution in [3.8, 4) is 0 Å². The molecular weight excluding hydrogens is 285 g/mol. The minimum absolute atomic E-state index is 0.0377. The quantitative estimate of drug-likeness (QED) is 0.783. The molecule has 0 aliphatic heterocycles. The lowest BCUT2D eigenvalue weighted by Gasteiger charge is -2.24. The van der Waals surface area contributed by atoms with Gasteiger partial charge in [-0.1, -0.05) is 34.1 Å². The number of carbonyl (C=O) groups is 1. The van der Waals surface area contributed by atoms with E-state index in [1.807, 2.05) is 0 Å². The van der Waals surface area contributed by atoms with Gasteiger partial charge in [-0.15, -0.1) is 0 Å². The van der Waals surface area contributed by atoms with E-state index in [9.17, 15) is 9.18 Å². The van der Waals surface area contributed by atoms with Crippen molar-refractivity contribution < 1.29 is 9.18 Å².